The van der Waals surface area contributed by atoms with E-state index in [1.165, 1.54) is 63.3 Å². The second-order valence-corrected chi connectivity index (χ2v) is 8.27. The first kappa shape index (κ1) is 20.9. The number of fused-ring (bicyclic) bond motifs is 1. The van der Waals surface area contributed by atoms with Gasteiger partial charge in [-0.05, 0) is 25.5 Å². The van der Waals surface area contributed by atoms with E-state index in [1.54, 1.807) is 0 Å². The van der Waals surface area contributed by atoms with Gasteiger partial charge in [0.15, 0.2) is 0 Å². The number of aryl methyl sites for hydroxylation is 1. The number of hydrogen-bond acceptors (Lipinski definition) is 2. The van der Waals surface area contributed by atoms with Gasteiger partial charge in [-0.1, -0.05) is 70.4 Å². The maximum atomic E-state index is 12.2. The van der Waals surface area contributed by atoms with Crippen LogP contribution in [0.3, 0.4) is 0 Å². The molecule has 0 spiro atoms. The largest absolute Gasteiger partial charge is 0.342 e. The summed E-state index contributed by atoms with van der Waals surface area (Å²) in [5.74, 6) is 1.62. The summed E-state index contributed by atoms with van der Waals surface area (Å²) >= 11 is 0. The molecule has 0 bridgehead atoms. The number of imidazole rings is 1. The van der Waals surface area contributed by atoms with E-state index < -0.39 is 0 Å². The summed E-state index contributed by atoms with van der Waals surface area (Å²) in [7, 11) is 0. The Morgan fingerprint density at radius 2 is 1.64 bits per heavy atom. The lowest BCUT2D eigenvalue weighted by Gasteiger charge is -2.15. The van der Waals surface area contributed by atoms with Crippen LogP contribution in [0.1, 0.15) is 89.8 Å². The van der Waals surface area contributed by atoms with Gasteiger partial charge >= 0.3 is 0 Å². The highest BCUT2D eigenvalue weighted by molar-refractivity contribution is 5.80. The zero-order chi connectivity index (χ0) is 19.8. The maximum Gasteiger partial charge on any atom is 0.223 e. The summed E-state index contributed by atoms with van der Waals surface area (Å²) in [4.78, 5) is 19.1. The second-order valence-electron chi connectivity index (χ2n) is 8.27. The van der Waals surface area contributed by atoms with Crippen LogP contribution in [0.2, 0.25) is 0 Å². The van der Waals surface area contributed by atoms with E-state index in [2.05, 4.69) is 42.7 Å². The van der Waals surface area contributed by atoms with Gasteiger partial charge in [0.1, 0.15) is 5.82 Å². The lowest BCUT2D eigenvalue weighted by molar-refractivity contribution is -0.127. The first-order chi connectivity index (χ1) is 13.7. The first-order valence-corrected chi connectivity index (χ1v) is 11.5. The van der Waals surface area contributed by atoms with Gasteiger partial charge < -0.3 is 9.47 Å². The molecule has 0 radical (unpaired) electrons. The Hall–Kier alpha value is -1.84. The average Bonchev–Trinajstić information content (AvgIpc) is 3.27. The highest BCUT2D eigenvalue weighted by Gasteiger charge is 2.32. The Morgan fingerprint density at radius 3 is 2.32 bits per heavy atom. The Bertz CT molecular complexity index is 751. The van der Waals surface area contributed by atoms with Gasteiger partial charge in [0, 0.05) is 32.0 Å². The number of carbonyl (C=O) groups excluding carboxylic acids is 1. The second kappa shape index (κ2) is 10.6. The van der Waals surface area contributed by atoms with Crippen molar-refractivity contribution in [3.05, 3.63) is 30.1 Å². The number of benzene rings is 1. The number of carbonyl (C=O) groups is 1. The molecule has 4 nitrogen and oxygen atoms in total. The summed E-state index contributed by atoms with van der Waals surface area (Å²) in [6.07, 6.45) is 12.7. The number of nitrogens with zero attached hydrogens (tertiary/aromatic N) is 3. The van der Waals surface area contributed by atoms with Crippen LogP contribution in [0.25, 0.3) is 11.0 Å². The van der Waals surface area contributed by atoms with Crippen molar-refractivity contribution in [2.75, 3.05) is 13.1 Å². The number of likely N-dealkylation sites (tertiary alicyclic amines) is 1. The predicted molar refractivity (Wildman–Crippen MR) is 117 cm³/mol. The Kier molecular flexibility index (Phi) is 7.93. The normalized spacial score (nSPS) is 17.1. The van der Waals surface area contributed by atoms with Crippen LogP contribution in [-0.4, -0.2) is 33.4 Å². The maximum absolute atomic E-state index is 12.2. The van der Waals surface area contributed by atoms with Crippen LogP contribution in [0.15, 0.2) is 24.3 Å². The highest BCUT2D eigenvalue weighted by atomic mass is 16.2. The molecule has 0 aliphatic carbocycles. The number of hydrogen-bond donors (Lipinski definition) is 0. The van der Waals surface area contributed by atoms with Crippen molar-refractivity contribution >= 4 is 16.9 Å². The van der Waals surface area contributed by atoms with Gasteiger partial charge in [-0.25, -0.2) is 4.98 Å². The van der Waals surface area contributed by atoms with Gasteiger partial charge in [0.25, 0.3) is 0 Å². The summed E-state index contributed by atoms with van der Waals surface area (Å²) in [6.45, 7) is 6.97. The third-order valence-corrected chi connectivity index (χ3v) is 6.13. The fourth-order valence-corrected chi connectivity index (χ4v) is 4.47. The quantitative estimate of drug-likeness (QED) is 0.428. The molecule has 1 fully saturated rings. The van der Waals surface area contributed by atoms with Gasteiger partial charge in [0.2, 0.25) is 5.91 Å². The lowest BCUT2D eigenvalue weighted by atomic mass is 10.1. The topological polar surface area (TPSA) is 38.1 Å². The van der Waals surface area contributed by atoms with Gasteiger partial charge in [0.05, 0.1) is 11.0 Å². The van der Waals surface area contributed by atoms with Crippen molar-refractivity contribution in [2.24, 2.45) is 0 Å². The number of unbranched alkanes of at least 4 members (excludes halogenated alkanes) is 8. The van der Waals surface area contributed by atoms with Crippen LogP contribution in [0.5, 0.6) is 0 Å². The molecular weight excluding hydrogens is 346 g/mol. The Morgan fingerprint density at radius 1 is 0.964 bits per heavy atom. The molecule has 2 aromatic rings. The minimum atomic E-state index is 0.235. The fraction of sp³-hybridized carbons (Fsp3) is 0.667. The van der Waals surface area contributed by atoms with Crippen LogP contribution in [0.4, 0.5) is 0 Å². The van der Waals surface area contributed by atoms with Crippen LogP contribution < -0.4 is 0 Å². The van der Waals surface area contributed by atoms with E-state index in [4.69, 9.17) is 4.98 Å². The zero-order valence-corrected chi connectivity index (χ0v) is 17.8. The van der Waals surface area contributed by atoms with Crippen LogP contribution in [0, 0.1) is 0 Å². The molecule has 28 heavy (non-hydrogen) atoms. The molecule has 4 heteroatoms. The average molecular weight is 384 g/mol. The van der Waals surface area contributed by atoms with Crippen molar-refractivity contribution in [3.63, 3.8) is 0 Å². The van der Waals surface area contributed by atoms with Gasteiger partial charge in [-0.3, -0.25) is 4.79 Å². The van der Waals surface area contributed by atoms with Crippen LogP contribution in [-0.2, 0) is 11.3 Å². The SMILES string of the molecule is CCCCCCCCCCCn1c(C2CC(=O)N(CC)C2)nc2ccccc21. The summed E-state index contributed by atoms with van der Waals surface area (Å²) in [5.41, 5.74) is 2.29. The van der Waals surface area contributed by atoms with Gasteiger partial charge in [-0.2, -0.15) is 0 Å². The molecule has 1 unspecified atom stereocenters. The number of amides is 1. The lowest BCUT2D eigenvalue weighted by Crippen LogP contribution is -2.24. The van der Waals surface area contributed by atoms with Crippen molar-refractivity contribution in [2.45, 2.75) is 90.5 Å². The highest BCUT2D eigenvalue weighted by Crippen LogP contribution is 2.30. The molecule has 1 atom stereocenters. The molecule has 1 aliphatic rings. The smallest absolute Gasteiger partial charge is 0.223 e. The molecule has 2 heterocycles. The first-order valence-electron chi connectivity index (χ1n) is 11.5. The minimum Gasteiger partial charge on any atom is -0.342 e. The molecule has 1 aliphatic heterocycles. The number of likely N-dealkylation sites (N-methyl/N-ethyl adjacent to an activating group) is 1. The summed E-state index contributed by atoms with van der Waals surface area (Å²) in [6, 6.07) is 8.42. The van der Waals surface area contributed by atoms with Crippen molar-refractivity contribution in [1.29, 1.82) is 0 Å². The van der Waals surface area contributed by atoms with Crippen molar-refractivity contribution < 1.29 is 4.79 Å². The molecular formula is C24H37N3O. The monoisotopic (exact) mass is 383 g/mol. The van der Waals surface area contributed by atoms with E-state index in [0.29, 0.717) is 6.42 Å². The molecule has 1 amide bonds. The number of para-hydroxylation sites is 2. The Labute approximate surface area is 170 Å². The van der Waals surface area contributed by atoms with Crippen molar-refractivity contribution in [1.82, 2.24) is 14.5 Å². The predicted octanol–water partition coefficient (Wildman–Crippen LogP) is 5.90. The van der Waals surface area contributed by atoms with E-state index in [-0.39, 0.29) is 11.8 Å². The van der Waals surface area contributed by atoms with Gasteiger partial charge in [-0.15, -0.1) is 0 Å². The molecule has 1 aromatic carbocycles. The molecule has 1 saturated heterocycles. The number of aromatic nitrogens is 2. The fourth-order valence-electron chi connectivity index (χ4n) is 4.47. The van der Waals surface area contributed by atoms with E-state index >= 15 is 0 Å². The minimum absolute atomic E-state index is 0.235. The molecule has 0 saturated carbocycles. The van der Waals surface area contributed by atoms with Crippen LogP contribution >= 0.6 is 0 Å². The molecule has 154 valence electrons. The standard InChI is InChI=1S/C24H37N3O/c1-3-5-6-7-8-9-10-11-14-17-27-22-16-13-12-15-21(22)25-24(27)20-18-23(28)26(4-2)19-20/h12-13,15-16,20H,3-11,14,17-19H2,1-2H3. The van der Waals surface area contributed by atoms with E-state index in [1.807, 2.05) is 4.90 Å². The molecule has 3 rings (SSSR count). The third-order valence-electron chi connectivity index (χ3n) is 6.13. The Balaban J connectivity index is 1.57. The number of rotatable bonds is 12. The molecule has 1 aromatic heterocycles. The summed E-state index contributed by atoms with van der Waals surface area (Å²) < 4.78 is 2.40. The third kappa shape index (κ3) is 5.15. The molecule has 0 N–H and O–H groups in total. The van der Waals surface area contributed by atoms with Crippen molar-refractivity contribution in [3.8, 4) is 0 Å². The summed E-state index contributed by atoms with van der Waals surface area (Å²) in [5, 5.41) is 0. The van der Waals surface area contributed by atoms with E-state index in [0.717, 1.165) is 31.0 Å². The van der Waals surface area contributed by atoms with E-state index in [9.17, 15) is 4.79 Å². The zero-order valence-electron chi connectivity index (χ0n) is 17.8.